The maximum atomic E-state index is 12.4. The number of halogens is 1. The first-order valence-electron chi connectivity index (χ1n) is 11.7. The highest BCUT2D eigenvalue weighted by Crippen LogP contribution is 2.33. The molecule has 0 aromatic rings. The fourth-order valence-corrected chi connectivity index (χ4v) is 3.89. The van der Waals surface area contributed by atoms with Gasteiger partial charge in [0.05, 0.1) is 6.61 Å². The van der Waals surface area contributed by atoms with Crippen LogP contribution < -0.4 is 20.8 Å². The molecular weight excluding hydrogens is 504 g/mol. The van der Waals surface area contributed by atoms with E-state index in [-0.39, 0.29) is 6.42 Å². The Hall–Kier alpha value is -1.62. The number of carboxylic acids is 1. The number of unbranched alkanes of at least 4 members (excludes halogenated alkanes) is 1. The van der Waals surface area contributed by atoms with Crippen molar-refractivity contribution in [1.82, 2.24) is 20.8 Å². The Morgan fingerprint density at radius 1 is 1.03 bits per heavy atom. The number of hydrogen-bond acceptors (Lipinski definition) is 11. The van der Waals surface area contributed by atoms with Gasteiger partial charge >= 0.3 is 5.97 Å². The zero-order chi connectivity index (χ0) is 27.5. The van der Waals surface area contributed by atoms with Crippen molar-refractivity contribution in [3.63, 3.8) is 0 Å². The van der Waals surface area contributed by atoms with Gasteiger partial charge < -0.3 is 51.0 Å². The van der Waals surface area contributed by atoms with E-state index < -0.39 is 72.7 Å². The van der Waals surface area contributed by atoms with Crippen molar-refractivity contribution >= 4 is 29.6 Å². The normalized spacial score (nSPS) is 28.7. The number of aliphatic carboxylic acids is 1. The Balaban J connectivity index is 2.39. The summed E-state index contributed by atoms with van der Waals surface area (Å²) >= 11 is 5.68. The molecule has 1 fully saturated rings. The molecule has 2 amide bonds. The van der Waals surface area contributed by atoms with Crippen molar-refractivity contribution in [2.24, 2.45) is 0 Å². The molecular formula is C21H39ClN4O10. The molecule has 0 bridgehead atoms. The van der Waals surface area contributed by atoms with Crippen molar-refractivity contribution in [3.05, 3.63) is 0 Å². The zero-order valence-corrected chi connectivity index (χ0v) is 21.4. The van der Waals surface area contributed by atoms with Crippen LogP contribution in [0.4, 0.5) is 0 Å². The lowest BCUT2D eigenvalue weighted by molar-refractivity contribution is -0.358. The van der Waals surface area contributed by atoms with E-state index in [0.717, 1.165) is 0 Å². The topological polar surface area (TPSA) is 219 Å². The number of carbonyl (C=O) groups is 3. The van der Waals surface area contributed by atoms with Crippen LogP contribution in [-0.4, -0.2) is 118 Å². The lowest BCUT2D eigenvalue weighted by Crippen LogP contribution is -2.66. The van der Waals surface area contributed by atoms with Crippen LogP contribution in [0.1, 0.15) is 39.5 Å². The number of hydrogen-bond donors (Lipinski definition) is 9. The first-order valence-corrected chi connectivity index (χ1v) is 12.1. The first-order chi connectivity index (χ1) is 16.9. The smallest absolute Gasteiger partial charge is 0.325 e. The van der Waals surface area contributed by atoms with Gasteiger partial charge in [-0.3, -0.25) is 14.4 Å². The van der Waals surface area contributed by atoms with E-state index in [0.29, 0.717) is 32.4 Å². The summed E-state index contributed by atoms with van der Waals surface area (Å²) in [5.74, 6) is -3.94. The highest BCUT2D eigenvalue weighted by Gasteiger charge is 2.53. The van der Waals surface area contributed by atoms with E-state index in [1.165, 1.54) is 21.0 Å². The predicted molar refractivity (Wildman–Crippen MR) is 127 cm³/mol. The molecule has 0 aromatic heterocycles. The molecule has 0 aliphatic carbocycles. The molecule has 1 aliphatic rings. The molecule has 1 rings (SSSR count). The Kier molecular flexibility index (Phi) is 14.0. The van der Waals surface area contributed by atoms with Gasteiger partial charge in [0.25, 0.3) is 0 Å². The van der Waals surface area contributed by atoms with Gasteiger partial charge in [-0.1, -0.05) is 6.42 Å². The van der Waals surface area contributed by atoms with Crippen LogP contribution in [0.15, 0.2) is 0 Å². The molecule has 0 spiro atoms. The van der Waals surface area contributed by atoms with Crippen LogP contribution in [0.3, 0.4) is 0 Å². The van der Waals surface area contributed by atoms with E-state index in [9.17, 15) is 34.8 Å². The summed E-state index contributed by atoms with van der Waals surface area (Å²) in [5, 5.41) is 56.4. The molecule has 0 saturated carbocycles. The number of amides is 2. The minimum atomic E-state index is -1.60. The third-order valence-electron chi connectivity index (χ3n) is 6.06. The van der Waals surface area contributed by atoms with Crippen molar-refractivity contribution < 1.29 is 49.4 Å². The van der Waals surface area contributed by atoms with Gasteiger partial charge in [0.2, 0.25) is 11.8 Å². The molecule has 0 aromatic carbocycles. The van der Waals surface area contributed by atoms with Gasteiger partial charge in [-0.25, -0.2) is 4.84 Å². The largest absolute Gasteiger partial charge is 0.480 e. The van der Waals surface area contributed by atoms with Crippen molar-refractivity contribution in [2.75, 3.05) is 26.8 Å². The van der Waals surface area contributed by atoms with Gasteiger partial charge in [0, 0.05) is 20.1 Å². The van der Waals surface area contributed by atoms with E-state index >= 15 is 0 Å². The van der Waals surface area contributed by atoms with Crippen molar-refractivity contribution in [3.8, 4) is 0 Å². The highest BCUT2D eigenvalue weighted by molar-refractivity contribution is 6.15. The third kappa shape index (κ3) is 9.04. The fourth-order valence-electron chi connectivity index (χ4n) is 3.69. The summed E-state index contributed by atoms with van der Waals surface area (Å²) in [6.07, 6.45) is -3.89. The molecule has 1 heterocycles. The Morgan fingerprint density at radius 2 is 1.67 bits per heavy atom. The van der Waals surface area contributed by atoms with E-state index in [2.05, 4.69) is 20.8 Å². The van der Waals surface area contributed by atoms with Crippen LogP contribution in [0.5, 0.6) is 0 Å². The molecule has 1 aliphatic heterocycles. The second kappa shape index (κ2) is 15.6. The second-order valence-electron chi connectivity index (χ2n) is 8.74. The van der Waals surface area contributed by atoms with Crippen LogP contribution in [0.25, 0.3) is 0 Å². The Labute approximate surface area is 214 Å². The highest BCUT2D eigenvalue weighted by atomic mass is 35.5. The van der Waals surface area contributed by atoms with Crippen LogP contribution in [0, 0.1) is 0 Å². The number of nitrogens with one attached hydrogen (secondary N) is 4. The summed E-state index contributed by atoms with van der Waals surface area (Å²) in [5.41, 5.74) is 0. The minimum absolute atomic E-state index is 0.125. The minimum Gasteiger partial charge on any atom is -0.480 e. The van der Waals surface area contributed by atoms with Crippen LogP contribution in [-0.2, 0) is 23.9 Å². The molecule has 15 heteroatoms. The lowest BCUT2D eigenvalue weighted by atomic mass is 9.90. The van der Waals surface area contributed by atoms with Gasteiger partial charge in [0.15, 0.2) is 5.79 Å². The van der Waals surface area contributed by atoms with Gasteiger partial charge in [-0.15, -0.1) is 0 Å². The van der Waals surface area contributed by atoms with Gasteiger partial charge in [0.1, 0.15) is 42.5 Å². The SMILES string of the molecule is CO[C@@]1(CCNCCCC[C@H](NCl)C(=O)N[C@@H](C)C(=O)N[C@@H](C)C(=O)O)O[C@H](CO)[C@H](O)[C@H](O)[C@H]1O. The molecule has 36 heavy (non-hydrogen) atoms. The average molecular weight is 543 g/mol. The lowest BCUT2D eigenvalue weighted by Gasteiger charge is -2.47. The molecule has 9 N–H and O–H groups in total. The fraction of sp³-hybridized carbons (Fsp3) is 0.857. The number of carboxylic acid groups (broad SMARTS) is 1. The summed E-state index contributed by atoms with van der Waals surface area (Å²) in [6.45, 7) is 3.04. The number of aliphatic hydroxyl groups is 4. The molecule has 8 atom stereocenters. The molecule has 0 unspecified atom stereocenters. The number of carbonyl (C=O) groups excluding carboxylic acids is 2. The quantitative estimate of drug-likeness (QED) is 0.0711. The first kappa shape index (κ1) is 32.4. The van der Waals surface area contributed by atoms with Crippen LogP contribution in [0.2, 0.25) is 0 Å². The third-order valence-corrected chi connectivity index (χ3v) is 6.32. The Bertz CT molecular complexity index is 718. The number of aliphatic hydroxyl groups excluding tert-OH is 4. The number of ether oxygens (including phenoxy) is 2. The van der Waals surface area contributed by atoms with Crippen molar-refractivity contribution in [2.45, 2.75) is 87.9 Å². The summed E-state index contributed by atoms with van der Waals surface area (Å²) in [7, 11) is 1.30. The van der Waals surface area contributed by atoms with E-state index in [4.69, 9.17) is 26.4 Å². The standard InChI is InChI=1S/C21H39ClN4O10/c1-11(18(31)25-12(2)20(33)34)24-19(32)13(26-22)6-4-5-8-23-9-7-21(35-3)17(30)16(29)15(28)14(10-27)36-21/h11-17,23,26-30H,4-10H2,1-3H3,(H,24,32)(H,25,31)(H,33,34)/t11-,12-,13-,14+,15-,16-,17+,21-/m0/s1. The number of rotatable bonds is 16. The summed E-state index contributed by atoms with van der Waals surface area (Å²) in [4.78, 5) is 37.6. The second-order valence-corrected chi connectivity index (χ2v) is 8.96. The number of methoxy groups -OCH3 is 1. The molecule has 14 nitrogen and oxygen atoms in total. The Morgan fingerprint density at radius 3 is 2.22 bits per heavy atom. The van der Waals surface area contributed by atoms with Crippen LogP contribution >= 0.6 is 11.8 Å². The average Bonchev–Trinajstić information content (AvgIpc) is 2.85. The molecule has 1 saturated heterocycles. The summed E-state index contributed by atoms with van der Waals surface area (Å²) in [6, 6.07) is -2.82. The molecule has 210 valence electrons. The van der Waals surface area contributed by atoms with Gasteiger partial charge in [-0.05, 0) is 45.0 Å². The van der Waals surface area contributed by atoms with Gasteiger partial charge in [-0.2, -0.15) is 0 Å². The summed E-state index contributed by atoms with van der Waals surface area (Å²) < 4.78 is 10.9. The molecule has 0 radical (unpaired) electrons. The predicted octanol–water partition coefficient (Wildman–Crippen LogP) is -2.84. The maximum Gasteiger partial charge on any atom is 0.325 e. The van der Waals surface area contributed by atoms with E-state index in [1.54, 1.807) is 0 Å². The maximum absolute atomic E-state index is 12.4. The van der Waals surface area contributed by atoms with E-state index in [1.807, 2.05) is 0 Å². The van der Waals surface area contributed by atoms with Crippen molar-refractivity contribution in [1.29, 1.82) is 0 Å². The monoisotopic (exact) mass is 542 g/mol. The zero-order valence-electron chi connectivity index (χ0n) is 20.6.